The number of fused-ring (bicyclic) bond motifs is 4. The fourth-order valence-electron chi connectivity index (χ4n) is 5.42. The van der Waals surface area contributed by atoms with E-state index in [2.05, 4.69) is 10.2 Å². The lowest BCUT2D eigenvalue weighted by atomic mass is 9.92. The number of amides is 1. The Balaban J connectivity index is 1.40. The van der Waals surface area contributed by atoms with Crippen molar-refractivity contribution >= 4 is 29.8 Å². The fourth-order valence-corrected chi connectivity index (χ4v) is 6.52. The maximum absolute atomic E-state index is 15.2. The normalized spacial score (nSPS) is 16.6. The first kappa shape index (κ1) is 30.4. The third-order valence-corrected chi connectivity index (χ3v) is 8.74. The highest BCUT2D eigenvalue weighted by Crippen LogP contribution is 2.40. The van der Waals surface area contributed by atoms with E-state index in [0.29, 0.717) is 5.56 Å². The average Bonchev–Trinajstić information content (AvgIpc) is 3.24. The van der Waals surface area contributed by atoms with Crippen LogP contribution in [-0.4, -0.2) is 74.0 Å². The summed E-state index contributed by atoms with van der Waals surface area (Å²) < 4.78 is 56.9. The van der Waals surface area contributed by atoms with Gasteiger partial charge < -0.3 is 34.0 Å². The van der Waals surface area contributed by atoms with Crippen molar-refractivity contribution in [2.45, 2.75) is 29.7 Å². The Labute approximate surface area is 259 Å². The zero-order valence-electron chi connectivity index (χ0n) is 23.9. The van der Waals surface area contributed by atoms with Crippen LogP contribution in [0.4, 0.5) is 13.6 Å². The van der Waals surface area contributed by atoms with Crippen molar-refractivity contribution < 1.29 is 46.8 Å². The maximum atomic E-state index is 15.2. The van der Waals surface area contributed by atoms with Gasteiger partial charge in [0.2, 0.25) is 18.0 Å². The van der Waals surface area contributed by atoms with Crippen molar-refractivity contribution in [1.82, 2.24) is 9.58 Å². The van der Waals surface area contributed by atoms with Crippen LogP contribution >= 0.6 is 11.8 Å². The molecule has 0 aliphatic carbocycles. The smallest absolute Gasteiger partial charge is 0.469 e. The number of hydrogen-bond donors (Lipinski definition) is 1. The van der Waals surface area contributed by atoms with E-state index in [1.807, 2.05) is 24.3 Å². The number of halogens is 2. The molecule has 2 aromatic carbocycles. The lowest BCUT2D eigenvalue weighted by molar-refractivity contribution is -0.141. The van der Waals surface area contributed by atoms with Gasteiger partial charge in [0.15, 0.2) is 17.3 Å². The van der Waals surface area contributed by atoms with E-state index in [1.165, 1.54) is 28.4 Å². The number of esters is 1. The number of thioether (sulfide) groups is 1. The predicted octanol–water partition coefficient (Wildman–Crippen LogP) is 3.40. The molecule has 1 N–H and O–H groups in total. The molecule has 1 fully saturated rings. The van der Waals surface area contributed by atoms with E-state index < -0.39 is 53.8 Å². The highest BCUT2D eigenvalue weighted by Gasteiger charge is 2.39. The molecule has 0 bridgehead atoms. The summed E-state index contributed by atoms with van der Waals surface area (Å²) in [6, 6.07) is 9.72. The van der Waals surface area contributed by atoms with Crippen LogP contribution in [-0.2, 0) is 35.9 Å². The second-order valence-electron chi connectivity index (χ2n) is 10.2. The molecular weight excluding hydrogens is 616 g/mol. The van der Waals surface area contributed by atoms with Crippen molar-refractivity contribution in [2.75, 3.05) is 45.7 Å². The molecule has 0 radical (unpaired) electrons. The summed E-state index contributed by atoms with van der Waals surface area (Å²) in [5.74, 6) is -3.51. The first-order valence-corrected chi connectivity index (χ1v) is 14.9. The van der Waals surface area contributed by atoms with Crippen LogP contribution in [0.15, 0.2) is 46.1 Å². The summed E-state index contributed by atoms with van der Waals surface area (Å²) in [6.07, 6.45) is -1.74. The minimum absolute atomic E-state index is 0.114. The van der Waals surface area contributed by atoms with E-state index in [1.54, 1.807) is 0 Å². The summed E-state index contributed by atoms with van der Waals surface area (Å²) in [7, 11) is 1.19. The minimum Gasteiger partial charge on any atom is -0.469 e. The number of carbonyl (C=O) groups excluding carboxylic acids is 3. The van der Waals surface area contributed by atoms with Crippen LogP contribution in [0.25, 0.3) is 11.3 Å². The van der Waals surface area contributed by atoms with Gasteiger partial charge in [-0.2, -0.15) is 0 Å². The summed E-state index contributed by atoms with van der Waals surface area (Å²) >= 11 is 1.38. The number of ether oxygens (including phenoxy) is 5. The Morgan fingerprint density at radius 3 is 2.78 bits per heavy atom. The van der Waals surface area contributed by atoms with Crippen LogP contribution in [0, 0.1) is 11.6 Å². The second kappa shape index (κ2) is 12.8. The van der Waals surface area contributed by atoms with E-state index in [9.17, 15) is 19.2 Å². The Hall–Kier alpha value is -4.63. The third-order valence-electron chi connectivity index (χ3n) is 7.60. The summed E-state index contributed by atoms with van der Waals surface area (Å²) in [6.45, 7) is -0.495. The Bertz CT molecular complexity index is 1750. The van der Waals surface area contributed by atoms with Crippen molar-refractivity contribution in [2.24, 2.45) is 0 Å². The highest BCUT2D eigenvalue weighted by atomic mass is 32.2. The molecule has 3 aromatic rings. The maximum Gasteiger partial charge on any atom is 0.511 e. The monoisotopic (exact) mass is 643 g/mol. The number of pyridine rings is 1. The topological polar surface area (TPSA) is 135 Å². The van der Waals surface area contributed by atoms with Crippen LogP contribution < -0.4 is 15.6 Å². The number of aromatic nitrogens is 1. The summed E-state index contributed by atoms with van der Waals surface area (Å²) in [4.78, 5) is 53.0. The molecule has 6 rings (SSSR count). The molecule has 0 spiro atoms. The van der Waals surface area contributed by atoms with Gasteiger partial charge in [-0.05, 0) is 29.7 Å². The Kier molecular flexibility index (Phi) is 8.63. The van der Waals surface area contributed by atoms with Crippen molar-refractivity contribution in [1.29, 1.82) is 0 Å². The number of morpholine rings is 1. The number of benzene rings is 2. The first-order chi connectivity index (χ1) is 21.8. The molecule has 1 saturated heterocycles. The number of rotatable bonds is 7. The first-order valence-electron chi connectivity index (χ1n) is 13.9. The Morgan fingerprint density at radius 2 is 1.96 bits per heavy atom. The van der Waals surface area contributed by atoms with Gasteiger partial charge in [0, 0.05) is 34.4 Å². The molecule has 236 valence electrons. The summed E-state index contributed by atoms with van der Waals surface area (Å²) in [5, 5.41) is 0. The molecule has 1 amide bonds. The quantitative estimate of drug-likeness (QED) is 0.300. The van der Waals surface area contributed by atoms with Gasteiger partial charge in [-0.1, -0.05) is 18.2 Å². The van der Waals surface area contributed by atoms with E-state index in [0.717, 1.165) is 22.6 Å². The number of nitrogens with zero attached hydrogens (tertiary/aromatic N) is 2. The van der Waals surface area contributed by atoms with Gasteiger partial charge in [0.1, 0.15) is 12.8 Å². The van der Waals surface area contributed by atoms with Gasteiger partial charge in [0.05, 0.1) is 32.4 Å². The van der Waals surface area contributed by atoms with Gasteiger partial charge >= 0.3 is 12.1 Å². The van der Waals surface area contributed by atoms with Gasteiger partial charge in [0.25, 0.3) is 5.91 Å². The average molecular weight is 644 g/mol. The second-order valence-corrected chi connectivity index (χ2v) is 11.2. The molecule has 3 aliphatic rings. The zero-order valence-corrected chi connectivity index (χ0v) is 24.7. The third kappa shape index (κ3) is 5.92. The van der Waals surface area contributed by atoms with Crippen molar-refractivity contribution in [3.8, 4) is 17.0 Å². The molecule has 0 unspecified atom stereocenters. The minimum atomic E-state index is -1.18. The lowest BCUT2D eigenvalue weighted by Gasteiger charge is -2.42. The SMILES string of the molecule is COC(=O)CCOC(=O)OCOc1c2n(c(-c3cc(F)c(F)c4c3Cc3ccccc3SC4)cc1=O)N[C@@H]1COCCN1C2=O. The molecular formula is C30H27F2N3O9S. The van der Waals surface area contributed by atoms with Crippen molar-refractivity contribution in [3.63, 3.8) is 0 Å². The summed E-state index contributed by atoms with van der Waals surface area (Å²) in [5.41, 5.74) is 4.06. The highest BCUT2D eigenvalue weighted by molar-refractivity contribution is 7.98. The van der Waals surface area contributed by atoms with Crippen LogP contribution in [0.2, 0.25) is 0 Å². The van der Waals surface area contributed by atoms with E-state index in [4.69, 9.17) is 18.9 Å². The largest absolute Gasteiger partial charge is 0.511 e. The molecule has 12 nitrogen and oxygen atoms in total. The predicted molar refractivity (Wildman–Crippen MR) is 154 cm³/mol. The number of carbonyl (C=O) groups is 3. The van der Waals surface area contributed by atoms with E-state index >= 15 is 8.78 Å². The number of nitrogens with one attached hydrogen (secondary N) is 1. The van der Waals surface area contributed by atoms with Crippen LogP contribution in [0.5, 0.6) is 5.75 Å². The van der Waals surface area contributed by atoms with Gasteiger partial charge in [-0.3, -0.25) is 14.4 Å². The standard InChI is InChI=1S/C30H27F2N3O9S/c1-40-25(37)6-8-42-30(39)44-15-43-28-22(36)12-21(35-27(28)29(38)34-7-9-41-13-24(34)33-35)18-11-20(31)26(32)19-14-45-23-5-3-2-4-16(23)10-17(18)19/h2-5,11-12,24,33H,6-10,13-15H2,1H3/t24-/m0/s1. The molecule has 3 aliphatic heterocycles. The molecule has 4 heterocycles. The van der Waals surface area contributed by atoms with E-state index in [-0.39, 0.29) is 67.5 Å². The molecule has 1 atom stereocenters. The molecule has 15 heteroatoms. The molecule has 45 heavy (non-hydrogen) atoms. The Morgan fingerprint density at radius 1 is 1.13 bits per heavy atom. The molecule has 0 saturated carbocycles. The molecule has 1 aromatic heterocycles. The van der Waals surface area contributed by atoms with Crippen LogP contribution in [0.3, 0.4) is 0 Å². The lowest BCUT2D eigenvalue weighted by Crippen LogP contribution is -2.59. The number of methoxy groups -OCH3 is 1. The van der Waals surface area contributed by atoms with Gasteiger partial charge in [-0.15, -0.1) is 11.8 Å². The van der Waals surface area contributed by atoms with Crippen LogP contribution in [0.1, 0.15) is 33.6 Å². The fraction of sp³-hybridized carbons (Fsp3) is 0.333. The van der Waals surface area contributed by atoms with Crippen molar-refractivity contribution in [3.05, 3.63) is 80.6 Å². The van der Waals surface area contributed by atoms with Gasteiger partial charge in [-0.25, -0.2) is 18.3 Å². The zero-order chi connectivity index (χ0) is 31.7. The number of hydrogen-bond acceptors (Lipinski definition) is 11.